The van der Waals surface area contributed by atoms with Gasteiger partial charge in [-0.15, -0.1) is 10.2 Å². The molecule has 1 aromatic carbocycles. The van der Waals surface area contributed by atoms with Crippen LogP contribution in [0.15, 0.2) is 24.3 Å². The van der Waals surface area contributed by atoms with Gasteiger partial charge in [-0.25, -0.2) is 13.1 Å². The third-order valence-corrected chi connectivity index (χ3v) is 5.66. The number of hydrogen-bond acceptors (Lipinski definition) is 6. The first kappa shape index (κ1) is 20.8. The fourth-order valence-corrected chi connectivity index (χ4v) is 4.36. The normalized spacial score (nSPS) is 16.6. The zero-order chi connectivity index (χ0) is 20.3. The summed E-state index contributed by atoms with van der Waals surface area (Å²) in [7, 11) is -1.67. The molecule has 0 fully saturated rings. The fourth-order valence-electron chi connectivity index (χ4n) is 3.52. The number of aromatic nitrogens is 3. The molecule has 0 saturated heterocycles. The number of nitrogens with one attached hydrogen (secondary N) is 1. The van der Waals surface area contributed by atoms with Gasteiger partial charge in [0.2, 0.25) is 10.0 Å². The van der Waals surface area contributed by atoms with Crippen LogP contribution in [0.25, 0.3) is 0 Å². The Kier molecular flexibility index (Phi) is 6.36. The van der Waals surface area contributed by atoms with Crippen LogP contribution >= 0.6 is 0 Å². The number of hydrogen-bond donors (Lipinski definition) is 1. The second-order valence-corrected chi connectivity index (χ2v) is 9.40. The third kappa shape index (κ3) is 5.09. The van der Waals surface area contributed by atoms with Gasteiger partial charge in [0.15, 0.2) is 5.82 Å². The molecule has 2 aromatic rings. The van der Waals surface area contributed by atoms with E-state index < -0.39 is 10.0 Å². The van der Waals surface area contributed by atoms with Crippen molar-refractivity contribution in [1.82, 2.24) is 24.4 Å². The summed E-state index contributed by atoms with van der Waals surface area (Å²) >= 11 is 0. The summed E-state index contributed by atoms with van der Waals surface area (Å²) in [5.41, 5.74) is 1.20. The van der Waals surface area contributed by atoms with E-state index in [1.54, 1.807) is 7.11 Å². The molecule has 0 unspecified atom stereocenters. The van der Waals surface area contributed by atoms with E-state index >= 15 is 0 Å². The molecule has 28 heavy (non-hydrogen) atoms. The van der Waals surface area contributed by atoms with Gasteiger partial charge in [0.1, 0.15) is 11.6 Å². The van der Waals surface area contributed by atoms with Crippen LogP contribution in [0.3, 0.4) is 0 Å². The van der Waals surface area contributed by atoms with E-state index in [0.717, 1.165) is 44.2 Å². The summed E-state index contributed by atoms with van der Waals surface area (Å²) in [5.74, 6) is 2.53. The van der Waals surface area contributed by atoms with Crippen molar-refractivity contribution in [2.45, 2.75) is 39.4 Å². The van der Waals surface area contributed by atoms with Crippen molar-refractivity contribution in [3.8, 4) is 5.75 Å². The molecule has 3 rings (SSSR count). The fraction of sp³-hybridized carbons (Fsp3) is 0.579. The summed E-state index contributed by atoms with van der Waals surface area (Å²) in [4.78, 5) is 2.38. The Hall–Kier alpha value is -1.97. The molecule has 0 aliphatic carbocycles. The Balaban J connectivity index is 1.75. The van der Waals surface area contributed by atoms with Gasteiger partial charge in [0, 0.05) is 32.6 Å². The number of rotatable bonds is 7. The predicted octanol–water partition coefficient (Wildman–Crippen LogP) is 1.59. The van der Waals surface area contributed by atoms with Crippen molar-refractivity contribution in [3.05, 3.63) is 41.5 Å². The van der Waals surface area contributed by atoms with Crippen LogP contribution in [-0.4, -0.2) is 54.5 Å². The molecule has 0 radical (unpaired) electrons. The van der Waals surface area contributed by atoms with Gasteiger partial charge >= 0.3 is 0 Å². The summed E-state index contributed by atoms with van der Waals surface area (Å²) in [6.45, 7) is 7.25. The molecular weight excluding hydrogens is 378 g/mol. The first-order valence-electron chi connectivity index (χ1n) is 9.51. The molecule has 1 aliphatic heterocycles. The van der Waals surface area contributed by atoms with E-state index in [9.17, 15) is 8.42 Å². The van der Waals surface area contributed by atoms with Gasteiger partial charge in [-0.1, -0.05) is 26.0 Å². The van der Waals surface area contributed by atoms with Crippen LogP contribution in [-0.2, 0) is 29.5 Å². The zero-order valence-corrected chi connectivity index (χ0v) is 17.7. The molecule has 1 aromatic heterocycles. The monoisotopic (exact) mass is 407 g/mol. The highest BCUT2D eigenvalue weighted by molar-refractivity contribution is 7.88. The minimum atomic E-state index is -3.34. The van der Waals surface area contributed by atoms with Crippen molar-refractivity contribution in [2.75, 3.05) is 26.5 Å². The molecule has 0 spiro atoms. The average molecular weight is 408 g/mol. The van der Waals surface area contributed by atoms with Crippen LogP contribution in [0, 0.1) is 5.92 Å². The van der Waals surface area contributed by atoms with Gasteiger partial charge in [0.25, 0.3) is 0 Å². The highest BCUT2D eigenvalue weighted by Crippen LogP contribution is 2.23. The van der Waals surface area contributed by atoms with Crippen LogP contribution in [0.4, 0.5) is 0 Å². The lowest BCUT2D eigenvalue weighted by atomic mass is 10.1. The number of nitrogens with zero attached hydrogens (tertiary/aromatic N) is 4. The average Bonchev–Trinajstić information content (AvgIpc) is 2.93. The van der Waals surface area contributed by atoms with Crippen LogP contribution in [0.2, 0.25) is 0 Å². The molecule has 0 bridgehead atoms. The van der Waals surface area contributed by atoms with Crippen molar-refractivity contribution in [1.29, 1.82) is 0 Å². The maximum atomic E-state index is 11.8. The maximum Gasteiger partial charge on any atom is 0.209 e. The predicted molar refractivity (Wildman–Crippen MR) is 108 cm³/mol. The first-order chi connectivity index (χ1) is 13.3. The summed E-state index contributed by atoms with van der Waals surface area (Å²) in [5, 5.41) is 8.68. The Morgan fingerprint density at radius 1 is 1.21 bits per heavy atom. The zero-order valence-electron chi connectivity index (χ0n) is 16.9. The standard InChI is InChI=1S/C19H29N5O3S/c1-14(2)18(22-28(4,25)26)19-21-20-17-8-9-23(10-11-24(17)19)13-15-6-5-7-16(12-15)27-3/h5-7,12,14,18,22H,8-11,13H2,1-4H3/t18-/m0/s1. The van der Waals surface area contributed by atoms with Crippen molar-refractivity contribution < 1.29 is 13.2 Å². The Morgan fingerprint density at radius 3 is 2.68 bits per heavy atom. The number of sulfonamides is 1. The number of benzene rings is 1. The summed E-state index contributed by atoms with van der Waals surface area (Å²) < 4.78 is 33.7. The topological polar surface area (TPSA) is 89.3 Å². The van der Waals surface area contributed by atoms with E-state index in [1.165, 1.54) is 11.8 Å². The van der Waals surface area contributed by atoms with Crippen molar-refractivity contribution in [2.24, 2.45) is 5.92 Å². The molecular formula is C19H29N5O3S. The van der Waals surface area contributed by atoms with Crippen molar-refractivity contribution in [3.63, 3.8) is 0 Å². The Labute approximate surface area is 167 Å². The Morgan fingerprint density at radius 2 is 2.00 bits per heavy atom. The molecule has 0 saturated carbocycles. The lowest BCUT2D eigenvalue weighted by Crippen LogP contribution is -2.33. The minimum Gasteiger partial charge on any atom is -0.497 e. The van der Waals surface area contributed by atoms with E-state index in [4.69, 9.17) is 4.74 Å². The maximum absolute atomic E-state index is 11.8. The van der Waals surface area contributed by atoms with Gasteiger partial charge in [-0.05, 0) is 23.6 Å². The SMILES string of the molecule is COc1cccc(CN2CCc3nnc([C@@H](NS(C)(=O)=O)C(C)C)n3CC2)c1. The molecule has 154 valence electrons. The summed E-state index contributed by atoms with van der Waals surface area (Å²) in [6.07, 6.45) is 1.96. The quantitative estimate of drug-likeness (QED) is 0.750. The Bertz CT molecular complexity index is 910. The second-order valence-electron chi connectivity index (χ2n) is 7.62. The second kappa shape index (κ2) is 8.59. The number of ether oxygens (including phenoxy) is 1. The molecule has 1 aliphatic rings. The van der Waals surface area contributed by atoms with Gasteiger partial charge < -0.3 is 9.30 Å². The lowest BCUT2D eigenvalue weighted by molar-refractivity contribution is 0.268. The number of fused-ring (bicyclic) bond motifs is 1. The van der Waals surface area contributed by atoms with Crippen LogP contribution in [0.1, 0.15) is 37.1 Å². The minimum absolute atomic E-state index is 0.0687. The first-order valence-corrected chi connectivity index (χ1v) is 11.4. The largest absolute Gasteiger partial charge is 0.497 e. The van der Waals surface area contributed by atoms with E-state index in [0.29, 0.717) is 5.82 Å². The van der Waals surface area contributed by atoms with E-state index in [1.807, 2.05) is 26.0 Å². The van der Waals surface area contributed by atoms with Crippen molar-refractivity contribution >= 4 is 10.0 Å². The molecule has 2 heterocycles. The molecule has 1 atom stereocenters. The van der Waals surface area contributed by atoms with Gasteiger partial charge in [-0.3, -0.25) is 4.90 Å². The smallest absolute Gasteiger partial charge is 0.209 e. The molecule has 8 nitrogen and oxygen atoms in total. The highest BCUT2D eigenvalue weighted by atomic mass is 32.2. The summed E-state index contributed by atoms with van der Waals surface area (Å²) in [6, 6.07) is 7.72. The van der Waals surface area contributed by atoms with Gasteiger partial charge in [-0.2, -0.15) is 0 Å². The van der Waals surface area contributed by atoms with Crippen LogP contribution < -0.4 is 9.46 Å². The molecule has 0 amide bonds. The third-order valence-electron chi connectivity index (χ3n) is 4.97. The number of methoxy groups -OCH3 is 1. The molecule has 1 N–H and O–H groups in total. The molecule has 9 heteroatoms. The van der Waals surface area contributed by atoms with Crippen LogP contribution in [0.5, 0.6) is 5.75 Å². The van der Waals surface area contributed by atoms with Gasteiger partial charge in [0.05, 0.1) is 19.4 Å². The van der Waals surface area contributed by atoms with E-state index in [-0.39, 0.29) is 12.0 Å². The highest BCUT2D eigenvalue weighted by Gasteiger charge is 2.28. The lowest BCUT2D eigenvalue weighted by Gasteiger charge is -2.22. The van der Waals surface area contributed by atoms with E-state index in [2.05, 4.69) is 36.5 Å².